The van der Waals surface area contributed by atoms with Gasteiger partial charge in [0.15, 0.2) is 0 Å². The van der Waals surface area contributed by atoms with Crippen LogP contribution in [0, 0.1) is 0 Å². The summed E-state index contributed by atoms with van der Waals surface area (Å²) in [5, 5.41) is 0.620. The molecule has 3 nitrogen and oxygen atoms in total. The molecule has 0 radical (unpaired) electrons. The van der Waals surface area contributed by atoms with Crippen LogP contribution in [0.4, 0.5) is 4.79 Å². The molecule has 5 heteroatoms. The molecule has 1 aliphatic rings. The van der Waals surface area contributed by atoms with Crippen LogP contribution in [0.2, 0.25) is 0 Å². The first-order valence-corrected chi connectivity index (χ1v) is 4.25. The third-order valence-corrected chi connectivity index (χ3v) is 3.18. The van der Waals surface area contributed by atoms with Crippen LogP contribution >= 0.6 is 27.7 Å². The van der Waals surface area contributed by atoms with Gasteiger partial charge in [0, 0.05) is 17.1 Å². The van der Waals surface area contributed by atoms with Gasteiger partial charge in [-0.15, -0.1) is 0 Å². The van der Waals surface area contributed by atoms with E-state index in [0.29, 0.717) is 11.9 Å². The van der Waals surface area contributed by atoms with Crippen LogP contribution in [0.5, 0.6) is 0 Å². The predicted molar refractivity (Wildman–Crippen MR) is 41.2 cm³/mol. The second kappa shape index (κ2) is 2.58. The van der Waals surface area contributed by atoms with Gasteiger partial charge in [-0.3, -0.25) is 0 Å². The summed E-state index contributed by atoms with van der Waals surface area (Å²) in [5.74, 6) is 0. The van der Waals surface area contributed by atoms with Gasteiger partial charge >= 0.3 is 6.09 Å². The molecule has 1 unspecified atom stereocenters. The molecule has 1 atom stereocenters. The van der Waals surface area contributed by atoms with Gasteiger partial charge in [0.25, 0.3) is 0 Å². The van der Waals surface area contributed by atoms with Crippen molar-refractivity contribution >= 4 is 33.8 Å². The van der Waals surface area contributed by atoms with E-state index >= 15 is 0 Å². The minimum atomic E-state index is -0.469. The number of halogens is 2. The number of cyclic esters (lactones) is 1. The third kappa shape index (κ3) is 1.10. The molecule has 0 aromatic carbocycles. The molecule has 1 saturated heterocycles. The molecular weight excluding hydrogens is 221 g/mol. The van der Waals surface area contributed by atoms with Crippen LogP contribution in [0.15, 0.2) is 0 Å². The first-order valence-electron chi connectivity index (χ1n) is 2.79. The van der Waals surface area contributed by atoms with Crippen molar-refractivity contribution in [2.75, 3.05) is 11.9 Å². The van der Waals surface area contributed by atoms with E-state index in [9.17, 15) is 4.79 Å². The second-order valence-electron chi connectivity index (χ2n) is 2.47. The van der Waals surface area contributed by atoms with Crippen LogP contribution in [0.1, 0.15) is 6.92 Å². The van der Waals surface area contributed by atoms with E-state index in [-0.39, 0.29) is 0 Å². The highest BCUT2D eigenvalue weighted by Crippen LogP contribution is 2.27. The Kier molecular flexibility index (Phi) is 2.10. The number of hydrogen-bond donors (Lipinski definition) is 0. The lowest BCUT2D eigenvalue weighted by Crippen LogP contribution is -2.39. The Hall–Kier alpha value is 0.0400. The summed E-state index contributed by atoms with van der Waals surface area (Å²) in [6, 6.07) is 0. The molecule has 58 valence electrons. The normalized spacial score (nSPS) is 32.7. The summed E-state index contributed by atoms with van der Waals surface area (Å²) in [6.07, 6.45) is -0.469. The number of nitrogens with zero attached hydrogens (tertiary/aromatic N) is 1. The SMILES string of the molecule is CC1(CBr)COC(=O)N1Cl. The predicted octanol–water partition coefficient (Wildman–Crippen LogP) is 1.75. The fourth-order valence-electron chi connectivity index (χ4n) is 0.642. The minimum absolute atomic E-state index is 0.348. The molecule has 1 fully saturated rings. The zero-order valence-corrected chi connectivity index (χ0v) is 7.78. The van der Waals surface area contributed by atoms with Crippen LogP contribution in [0.25, 0.3) is 0 Å². The molecule has 0 N–H and O–H groups in total. The molecule has 1 heterocycles. The highest BCUT2D eigenvalue weighted by molar-refractivity contribution is 9.09. The molecule has 0 bridgehead atoms. The Labute approximate surface area is 72.5 Å². The lowest BCUT2D eigenvalue weighted by Gasteiger charge is -2.22. The van der Waals surface area contributed by atoms with Gasteiger partial charge in [0.2, 0.25) is 0 Å². The lowest BCUT2D eigenvalue weighted by molar-refractivity contribution is 0.170. The summed E-state index contributed by atoms with van der Waals surface area (Å²) in [4.78, 5) is 10.7. The van der Waals surface area contributed by atoms with Crippen LogP contribution in [-0.2, 0) is 4.74 Å². The number of ether oxygens (including phenoxy) is 1. The van der Waals surface area contributed by atoms with E-state index in [4.69, 9.17) is 16.5 Å². The van der Waals surface area contributed by atoms with Gasteiger partial charge in [0.1, 0.15) is 12.1 Å². The average Bonchev–Trinajstić information content (AvgIpc) is 2.19. The number of carbonyl (C=O) groups is 1. The van der Waals surface area contributed by atoms with E-state index in [1.165, 1.54) is 0 Å². The fraction of sp³-hybridized carbons (Fsp3) is 0.800. The van der Waals surface area contributed by atoms with Crippen molar-refractivity contribution in [2.45, 2.75) is 12.5 Å². The molecular formula is C5H7BrClNO2. The van der Waals surface area contributed by atoms with E-state index in [1.807, 2.05) is 6.92 Å². The Morgan fingerprint density at radius 1 is 2.00 bits per heavy atom. The van der Waals surface area contributed by atoms with Crippen molar-refractivity contribution < 1.29 is 9.53 Å². The van der Waals surface area contributed by atoms with Crippen LogP contribution < -0.4 is 0 Å². The van der Waals surface area contributed by atoms with E-state index < -0.39 is 11.6 Å². The van der Waals surface area contributed by atoms with Crippen molar-refractivity contribution in [3.8, 4) is 0 Å². The van der Waals surface area contributed by atoms with E-state index in [0.717, 1.165) is 4.42 Å². The number of rotatable bonds is 1. The maximum absolute atomic E-state index is 10.7. The molecule has 10 heavy (non-hydrogen) atoms. The zero-order chi connectivity index (χ0) is 7.78. The van der Waals surface area contributed by atoms with Crippen molar-refractivity contribution in [3.63, 3.8) is 0 Å². The van der Waals surface area contributed by atoms with E-state index in [1.54, 1.807) is 0 Å². The zero-order valence-electron chi connectivity index (χ0n) is 5.43. The molecule has 1 aliphatic heterocycles. The summed E-state index contributed by atoms with van der Waals surface area (Å²) in [6.45, 7) is 2.19. The van der Waals surface area contributed by atoms with Crippen molar-refractivity contribution in [2.24, 2.45) is 0 Å². The largest absolute Gasteiger partial charge is 0.446 e. The fourth-order valence-corrected chi connectivity index (χ4v) is 1.36. The molecule has 0 spiro atoms. The van der Waals surface area contributed by atoms with Crippen LogP contribution in [0.3, 0.4) is 0 Å². The van der Waals surface area contributed by atoms with Gasteiger partial charge in [-0.2, -0.15) is 0 Å². The van der Waals surface area contributed by atoms with Crippen molar-refractivity contribution in [3.05, 3.63) is 0 Å². The van der Waals surface area contributed by atoms with Gasteiger partial charge in [-0.1, -0.05) is 15.9 Å². The Balaban J connectivity index is 2.73. The van der Waals surface area contributed by atoms with Gasteiger partial charge in [-0.05, 0) is 6.92 Å². The quantitative estimate of drug-likeness (QED) is 0.505. The first-order chi connectivity index (χ1) is 4.60. The summed E-state index contributed by atoms with van der Waals surface area (Å²) in [7, 11) is 0. The minimum Gasteiger partial charge on any atom is -0.446 e. The molecule has 1 amide bonds. The third-order valence-electron chi connectivity index (χ3n) is 1.43. The van der Waals surface area contributed by atoms with Gasteiger partial charge < -0.3 is 4.74 Å². The molecule has 1 rings (SSSR count). The summed E-state index contributed by atoms with van der Waals surface area (Å²) >= 11 is 8.84. The second-order valence-corrected chi connectivity index (χ2v) is 3.36. The molecule has 0 saturated carbocycles. The topological polar surface area (TPSA) is 29.5 Å². The average molecular weight is 228 g/mol. The molecule has 0 aromatic rings. The molecule has 0 aliphatic carbocycles. The monoisotopic (exact) mass is 227 g/mol. The maximum atomic E-state index is 10.7. The smallest absolute Gasteiger partial charge is 0.425 e. The number of amides is 1. The Morgan fingerprint density at radius 2 is 2.60 bits per heavy atom. The first kappa shape index (κ1) is 8.14. The van der Waals surface area contributed by atoms with Crippen molar-refractivity contribution in [1.29, 1.82) is 0 Å². The molecule has 0 aromatic heterocycles. The standard InChI is InChI=1S/C5H7BrClNO2/c1-5(2-6)3-10-4(9)8(5)7/h2-3H2,1H3. The van der Waals surface area contributed by atoms with E-state index in [2.05, 4.69) is 15.9 Å². The number of carbonyl (C=O) groups excluding carboxylic acids is 1. The number of hydrogen-bond acceptors (Lipinski definition) is 2. The Bertz CT molecular complexity index is 166. The van der Waals surface area contributed by atoms with Crippen molar-refractivity contribution in [1.82, 2.24) is 4.42 Å². The van der Waals surface area contributed by atoms with Gasteiger partial charge in [0.05, 0.1) is 0 Å². The van der Waals surface area contributed by atoms with Gasteiger partial charge in [-0.25, -0.2) is 9.21 Å². The highest BCUT2D eigenvalue weighted by atomic mass is 79.9. The summed E-state index contributed by atoms with van der Waals surface area (Å²) < 4.78 is 5.78. The van der Waals surface area contributed by atoms with Crippen LogP contribution in [-0.4, -0.2) is 28.0 Å². The highest BCUT2D eigenvalue weighted by Gasteiger charge is 2.42. The summed E-state index contributed by atoms with van der Waals surface area (Å²) in [5.41, 5.74) is -0.390. The lowest BCUT2D eigenvalue weighted by atomic mass is 10.1. The Morgan fingerprint density at radius 3 is 2.80 bits per heavy atom. The number of alkyl halides is 1. The maximum Gasteiger partial charge on any atom is 0.425 e.